The minimum Gasteiger partial charge on any atom is -0.378 e. The molecule has 104 valence electrons. The van der Waals surface area contributed by atoms with Crippen molar-refractivity contribution in [1.82, 2.24) is 0 Å². The summed E-state index contributed by atoms with van der Waals surface area (Å²) in [4.78, 5) is 2.17. The van der Waals surface area contributed by atoms with Crippen LogP contribution in [-0.4, -0.2) is 32.2 Å². The highest BCUT2D eigenvalue weighted by molar-refractivity contribution is 5.57. The van der Waals surface area contributed by atoms with Gasteiger partial charge >= 0.3 is 0 Å². The van der Waals surface area contributed by atoms with Crippen LogP contribution in [0.15, 0.2) is 24.3 Å². The van der Waals surface area contributed by atoms with E-state index in [0.717, 1.165) is 24.3 Å². The summed E-state index contributed by atoms with van der Waals surface area (Å²) in [5, 5.41) is 0. The first-order chi connectivity index (χ1) is 9.00. The van der Waals surface area contributed by atoms with E-state index in [2.05, 4.69) is 4.90 Å². The third kappa shape index (κ3) is 2.32. The lowest BCUT2D eigenvalue weighted by molar-refractivity contribution is -0.124. The van der Waals surface area contributed by atoms with Crippen molar-refractivity contribution in [2.24, 2.45) is 5.73 Å². The number of para-hydroxylation sites is 1. The third-order valence-electron chi connectivity index (χ3n) is 3.94. The first kappa shape index (κ1) is 12.8. The third-order valence-corrected chi connectivity index (χ3v) is 3.94. The Bertz CT molecular complexity index is 464. The van der Waals surface area contributed by atoms with Crippen molar-refractivity contribution >= 4 is 5.69 Å². The first-order valence-corrected chi connectivity index (χ1v) is 6.59. The molecule has 0 spiro atoms. The van der Waals surface area contributed by atoms with Crippen molar-refractivity contribution < 1.29 is 13.5 Å². The van der Waals surface area contributed by atoms with Gasteiger partial charge in [-0.25, -0.2) is 8.78 Å². The molecule has 0 aromatic heterocycles. The molecule has 1 saturated heterocycles. The molecular weight excluding hydrogens is 250 g/mol. The van der Waals surface area contributed by atoms with Gasteiger partial charge in [-0.15, -0.1) is 0 Å². The Hall–Kier alpha value is -1.20. The van der Waals surface area contributed by atoms with Gasteiger partial charge < -0.3 is 15.4 Å². The van der Waals surface area contributed by atoms with E-state index in [4.69, 9.17) is 10.5 Å². The number of hydrogen-bond acceptors (Lipinski definition) is 3. The van der Waals surface area contributed by atoms with E-state index in [1.165, 1.54) is 0 Å². The smallest absolute Gasteiger partial charge is 0.252 e. The topological polar surface area (TPSA) is 38.5 Å². The van der Waals surface area contributed by atoms with Crippen LogP contribution in [0, 0.1) is 0 Å². The predicted molar refractivity (Wildman–Crippen MR) is 69.5 cm³/mol. The Morgan fingerprint density at radius 3 is 2.37 bits per heavy atom. The Morgan fingerprint density at radius 2 is 1.74 bits per heavy atom. The van der Waals surface area contributed by atoms with Gasteiger partial charge in [0.1, 0.15) is 0 Å². The maximum absolute atomic E-state index is 13.2. The van der Waals surface area contributed by atoms with Crippen LogP contribution >= 0.6 is 0 Å². The predicted octanol–water partition coefficient (Wildman–Crippen LogP) is 2.11. The summed E-state index contributed by atoms with van der Waals surface area (Å²) in [6.45, 7) is 2.90. The van der Waals surface area contributed by atoms with Crippen molar-refractivity contribution in [2.75, 3.05) is 31.2 Å². The van der Waals surface area contributed by atoms with E-state index in [-0.39, 0.29) is 12.8 Å². The standard InChI is InChI=1S/C14H18F2N2O/c15-14(16)9-13(17,10-14)11-3-1-2-4-12(11)18-5-7-19-8-6-18/h1-4H,5-10,17H2. The molecule has 5 heteroatoms. The number of alkyl halides is 2. The second-order valence-corrected chi connectivity index (χ2v) is 5.48. The van der Waals surface area contributed by atoms with Crippen molar-refractivity contribution in [2.45, 2.75) is 24.3 Å². The van der Waals surface area contributed by atoms with E-state index in [9.17, 15) is 8.78 Å². The molecule has 1 saturated carbocycles. The van der Waals surface area contributed by atoms with E-state index in [0.29, 0.717) is 13.2 Å². The lowest BCUT2D eigenvalue weighted by Crippen LogP contribution is -2.56. The first-order valence-electron chi connectivity index (χ1n) is 6.59. The Labute approximate surface area is 111 Å². The van der Waals surface area contributed by atoms with Gasteiger partial charge in [-0.3, -0.25) is 0 Å². The largest absolute Gasteiger partial charge is 0.378 e. The summed E-state index contributed by atoms with van der Waals surface area (Å²) in [6.07, 6.45) is -0.525. The maximum Gasteiger partial charge on any atom is 0.252 e. The highest BCUT2D eigenvalue weighted by Gasteiger charge is 2.56. The molecule has 0 unspecified atom stereocenters. The van der Waals surface area contributed by atoms with Gasteiger partial charge in [-0.2, -0.15) is 0 Å². The molecule has 2 N–H and O–H groups in total. The van der Waals surface area contributed by atoms with E-state index in [1.807, 2.05) is 24.3 Å². The van der Waals surface area contributed by atoms with Crippen molar-refractivity contribution in [3.8, 4) is 0 Å². The Morgan fingerprint density at radius 1 is 1.11 bits per heavy atom. The minimum atomic E-state index is -2.62. The van der Waals surface area contributed by atoms with Crippen molar-refractivity contribution in [1.29, 1.82) is 0 Å². The molecule has 0 atom stereocenters. The second-order valence-electron chi connectivity index (χ2n) is 5.48. The quantitative estimate of drug-likeness (QED) is 0.892. The van der Waals surface area contributed by atoms with Gasteiger partial charge in [0.05, 0.1) is 18.8 Å². The number of morpholine rings is 1. The van der Waals surface area contributed by atoms with Crippen LogP contribution in [0.2, 0.25) is 0 Å². The van der Waals surface area contributed by atoms with Crippen LogP contribution in [-0.2, 0) is 10.3 Å². The van der Waals surface area contributed by atoms with Gasteiger partial charge in [0.15, 0.2) is 0 Å². The molecule has 0 radical (unpaired) electrons. The molecule has 2 aliphatic rings. The maximum atomic E-state index is 13.2. The fraction of sp³-hybridized carbons (Fsp3) is 0.571. The number of benzene rings is 1. The summed E-state index contributed by atoms with van der Waals surface area (Å²) in [5.74, 6) is -2.62. The van der Waals surface area contributed by atoms with Gasteiger partial charge in [0, 0.05) is 31.6 Å². The number of ether oxygens (including phenoxy) is 1. The number of anilines is 1. The molecule has 1 aliphatic heterocycles. The number of rotatable bonds is 2. The zero-order valence-corrected chi connectivity index (χ0v) is 10.7. The SMILES string of the molecule is NC1(c2ccccc2N2CCOCC2)CC(F)(F)C1. The number of nitrogens with zero attached hydrogens (tertiary/aromatic N) is 1. The van der Waals surface area contributed by atoms with Crippen molar-refractivity contribution in [3.63, 3.8) is 0 Å². The molecule has 1 heterocycles. The molecule has 0 bridgehead atoms. The minimum absolute atomic E-state index is 0.263. The lowest BCUT2D eigenvalue weighted by Gasteiger charge is -2.46. The van der Waals surface area contributed by atoms with Crippen LogP contribution in [0.25, 0.3) is 0 Å². The summed E-state index contributed by atoms with van der Waals surface area (Å²) < 4.78 is 31.7. The highest BCUT2D eigenvalue weighted by atomic mass is 19.3. The van der Waals surface area contributed by atoms with Gasteiger partial charge in [0.2, 0.25) is 0 Å². The zero-order chi connectivity index (χ0) is 13.5. The number of halogens is 2. The van der Waals surface area contributed by atoms with Crippen LogP contribution < -0.4 is 10.6 Å². The molecule has 1 aromatic carbocycles. The Balaban J connectivity index is 1.89. The molecule has 3 rings (SSSR count). The molecule has 1 aromatic rings. The summed E-state index contributed by atoms with van der Waals surface area (Å²) in [7, 11) is 0. The molecule has 0 amide bonds. The summed E-state index contributed by atoms with van der Waals surface area (Å²) in [6, 6.07) is 7.63. The second kappa shape index (κ2) is 4.42. The van der Waals surface area contributed by atoms with Crippen LogP contribution in [0.1, 0.15) is 18.4 Å². The average Bonchev–Trinajstić information content (AvgIpc) is 2.37. The van der Waals surface area contributed by atoms with Crippen LogP contribution in [0.4, 0.5) is 14.5 Å². The summed E-state index contributed by atoms with van der Waals surface area (Å²) in [5.41, 5.74) is 7.09. The molecule has 2 fully saturated rings. The highest BCUT2D eigenvalue weighted by Crippen LogP contribution is 2.51. The lowest BCUT2D eigenvalue weighted by atomic mass is 9.69. The normalized spacial score (nSPS) is 24.9. The molecule has 19 heavy (non-hydrogen) atoms. The fourth-order valence-electron chi connectivity index (χ4n) is 3.04. The number of nitrogens with two attached hydrogens (primary N) is 1. The van der Waals surface area contributed by atoms with E-state index >= 15 is 0 Å². The summed E-state index contributed by atoms with van der Waals surface area (Å²) >= 11 is 0. The molecule has 3 nitrogen and oxygen atoms in total. The monoisotopic (exact) mass is 268 g/mol. The Kier molecular flexibility index (Phi) is 2.98. The van der Waals surface area contributed by atoms with Gasteiger partial charge in [0.25, 0.3) is 5.92 Å². The van der Waals surface area contributed by atoms with Crippen molar-refractivity contribution in [3.05, 3.63) is 29.8 Å². The van der Waals surface area contributed by atoms with E-state index in [1.54, 1.807) is 0 Å². The average molecular weight is 268 g/mol. The van der Waals surface area contributed by atoms with Crippen LogP contribution in [0.3, 0.4) is 0 Å². The molecule has 1 aliphatic carbocycles. The fourth-order valence-corrected chi connectivity index (χ4v) is 3.04. The zero-order valence-electron chi connectivity index (χ0n) is 10.7. The van der Waals surface area contributed by atoms with E-state index < -0.39 is 11.5 Å². The van der Waals surface area contributed by atoms with Crippen LogP contribution in [0.5, 0.6) is 0 Å². The van der Waals surface area contributed by atoms with Gasteiger partial charge in [-0.05, 0) is 11.6 Å². The molecular formula is C14H18F2N2O. The number of hydrogen-bond donors (Lipinski definition) is 1. The van der Waals surface area contributed by atoms with Gasteiger partial charge in [-0.1, -0.05) is 18.2 Å².